The summed E-state index contributed by atoms with van der Waals surface area (Å²) in [7, 11) is 0. The van der Waals surface area contributed by atoms with Gasteiger partial charge in [0.25, 0.3) is 0 Å². The minimum absolute atomic E-state index is 0.463. The summed E-state index contributed by atoms with van der Waals surface area (Å²) in [5, 5.41) is 28.1. The Morgan fingerprint density at radius 3 is 2.04 bits per heavy atom. The van der Waals surface area contributed by atoms with Gasteiger partial charge in [-0.25, -0.2) is 4.79 Å². The molecule has 0 radical (unpaired) electrons. The van der Waals surface area contributed by atoms with Crippen molar-refractivity contribution in [2.24, 2.45) is 5.92 Å². The Balaban J connectivity index is 5.33. The summed E-state index contributed by atoms with van der Waals surface area (Å²) >= 11 is 0. The summed E-state index contributed by atoms with van der Waals surface area (Å²) in [5.74, 6) is -7.87. The van der Waals surface area contributed by atoms with Crippen LogP contribution in [-0.4, -0.2) is 50.7 Å². The van der Waals surface area contributed by atoms with Crippen molar-refractivity contribution in [1.82, 2.24) is 0 Å². The SMILES string of the molecule is CCCCCC(CC)OC(=O)C(C(C)=O)C(O)(CC(=O)O)C(=O)O. The Hall–Kier alpha value is -1.96. The van der Waals surface area contributed by atoms with Gasteiger partial charge in [0.2, 0.25) is 0 Å². The van der Waals surface area contributed by atoms with E-state index in [-0.39, 0.29) is 0 Å². The van der Waals surface area contributed by atoms with E-state index < -0.39 is 47.7 Å². The molecule has 0 saturated heterocycles. The summed E-state index contributed by atoms with van der Waals surface area (Å²) < 4.78 is 5.17. The zero-order chi connectivity index (χ0) is 18.9. The number of Topliss-reactive ketones (excluding diaryl/α,β-unsaturated/α-hetero) is 1. The lowest BCUT2D eigenvalue weighted by Crippen LogP contribution is -2.54. The first-order valence-electron chi connectivity index (χ1n) is 7.98. The number of aliphatic carboxylic acids is 2. The monoisotopic (exact) mass is 346 g/mol. The van der Waals surface area contributed by atoms with Crippen LogP contribution >= 0.6 is 0 Å². The third kappa shape index (κ3) is 6.27. The van der Waals surface area contributed by atoms with Crippen molar-refractivity contribution in [3.8, 4) is 0 Å². The molecular formula is C16H26O8. The zero-order valence-corrected chi connectivity index (χ0v) is 14.3. The molecule has 24 heavy (non-hydrogen) atoms. The predicted octanol–water partition coefficient (Wildman–Crippen LogP) is 1.38. The van der Waals surface area contributed by atoms with E-state index in [9.17, 15) is 24.3 Å². The average Bonchev–Trinajstić information content (AvgIpc) is 2.44. The molecular weight excluding hydrogens is 320 g/mol. The molecule has 0 saturated carbocycles. The Bertz CT molecular complexity index is 473. The summed E-state index contributed by atoms with van der Waals surface area (Å²) in [6, 6.07) is 0. The molecule has 0 aromatic rings. The van der Waals surface area contributed by atoms with Crippen molar-refractivity contribution >= 4 is 23.7 Å². The maximum Gasteiger partial charge on any atom is 0.337 e. The highest BCUT2D eigenvalue weighted by Crippen LogP contribution is 2.26. The first-order valence-corrected chi connectivity index (χ1v) is 7.98. The third-order valence-electron chi connectivity index (χ3n) is 3.78. The number of rotatable bonds is 12. The van der Waals surface area contributed by atoms with E-state index in [1.54, 1.807) is 6.92 Å². The Morgan fingerprint density at radius 1 is 1.08 bits per heavy atom. The molecule has 0 heterocycles. The quantitative estimate of drug-likeness (QED) is 0.274. The Morgan fingerprint density at radius 2 is 1.67 bits per heavy atom. The normalized spacial score (nSPS) is 15.8. The van der Waals surface area contributed by atoms with Gasteiger partial charge in [0.05, 0.1) is 6.42 Å². The summed E-state index contributed by atoms with van der Waals surface area (Å²) in [6.07, 6.45) is 1.91. The molecule has 0 fully saturated rings. The van der Waals surface area contributed by atoms with Crippen LogP contribution in [0.4, 0.5) is 0 Å². The van der Waals surface area contributed by atoms with Crippen molar-refractivity contribution in [2.75, 3.05) is 0 Å². The number of ether oxygens (including phenoxy) is 1. The molecule has 0 aliphatic heterocycles. The number of unbranched alkanes of at least 4 members (excludes halogenated alkanes) is 2. The van der Waals surface area contributed by atoms with Crippen LogP contribution in [0.25, 0.3) is 0 Å². The Labute approximate surface area is 140 Å². The van der Waals surface area contributed by atoms with Gasteiger partial charge in [-0.05, 0) is 26.2 Å². The molecule has 138 valence electrons. The summed E-state index contributed by atoms with van der Waals surface area (Å²) in [6.45, 7) is 4.70. The van der Waals surface area contributed by atoms with Crippen LogP contribution in [0.5, 0.6) is 0 Å². The number of carboxylic acids is 2. The minimum atomic E-state index is -3.05. The molecule has 3 unspecified atom stereocenters. The summed E-state index contributed by atoms with van der Waals surface area (Å²) in [5.41, 5.74) is -3.05. The zero-order valence-electron chi connectivity index (χ0n) is 14.3. The number of hydrogen-bond acceptors (Lipinski definition) is 6. The largest absolute Gasteiger partial charge is 0.481 e. The van der Waals surface area contributed by atoms with Crippen molar-refractivity contribution in [1.29, 1.82) is 0 Å². The highest BCUT2D eigenvalue weighted by Gasteiger charge is 2.53. The third-order valence-corrected chi connectivity index (χ3v) is 3.78. The van der Waals surface area contributed by atoms with E-state index in [0.29, 0.717) is 12.8 Å². The molecule has 0 aromatic carbocycles. The maximum absolute atomic E-state index is 12.3. The number of esters is 1. The molecule has 0 aliphatic rings. The molecule has 8 nitrogen and oxygen atoms in total. The standard InChI is InChI=1S/C16H26O8/c1-4-6-7-8-11(5-2)24-14(20)13(10(3)17)16(23,15(21)22)9-12(18)19/h11,13,23H,4-9H2,1-3H3,(H,18,19)(H,21,22). The number of carboxylic acid groups (broad SMARTS) is 2. The van der Waals surface area contributed by atoms with Crippen molar-refractivity contribution < 1.29 is 39.2 Å². The van der Waals surface area contributed by atoms with Gasteiger partial charge in [0.15, 0.2) is 11.5 Å². The van der Waals surface area contributed by atoms with Gasteiger partial charge < -0.3 is 20.1 Å². The van der Waals surface area contributed by atoms with Crippen LogP contribution < -0.4 is 0 Å². The molecule has 3 N–H and O–H groups in total. The number of ketones is 1. The van der Waals surface area contributed by atoms with Gasteiger partial charge in [-0.2, -0.15) is 0 Å². The first-order chi connectivity index (χ1) is 11.1. The van der Waals surface area contributed by atoms with E-state index in [2.05, 4.69) is 0 Å². The molecule has 3 atom stereocenters. The minimum Gasteiger partial charge on any atom is -0.481 e. The van der Waals surface area contributed by atoms with Crippen LogP contribution in [-0.2, 0) is 23.9 Å². The van der Waals surface area contributed by atoms with Gasteiger partial charge in [-0.1, -0.05) is 26.7 Å². The van der Waals surface area contributed by atoms with Gasteiger partial charge in [0.1, 0.15) is 11.9 Å². The topological polar surface area (TPSA) is 138 Å². The fourth-order valence-corrected chi connectivity index (χ4v) is 2.43. The van der Waals surface area contributed by atoms with E-state index >= 15 is 0 Å². The fraction of sp³-hybridized carbons (Fsp3) is 0.750. The molecule has 0 bridgehead atoms. The number of hydrogen-bond donors (Lipinski definition) is 3. The van der Waals surface area contributed by atoms with Crippen LogP contribution in [0.3, 0.4) is 0 Å². The second-order valence-electron chi connectivity index (χ2n) is 5.81. The van der Waals surface area contributed by atoms with E-state index in [1.165, 1.54) is 0 Å². The highest BCUT2D eigenvalue weighted by atomic mass is 16.5. The second kappa shape index (κ2) is 10.0. The predicted molar refractivity (Wildman–Crippen MR) is 83.3 cm³/mol. The first kappa shape index (κ1) is 22.0. The lowest BCUT2D eigenvalue weighted by molar-refractivity contribution is -0.184. The smallest absolute Gasteiger partial charge is 0.337 e. The van der Waals surface area contributed by atoms with Gasteiger partial charge in [-0.15, -0.1) is 0 Å². The fourth-order valence-electron chi connectivity index (χ4n) is 2.43. The van der Waals surface area contributed by atoms with Crippen molar-refractivity contribution in [2.45, 2.75) is 71.0 Å². The molecule has 0 amide bonds. The number of carbonyl (C=O) groups is 4. The highest BCUT2D eigenvalue weighted by molar-refractivity contribution is 6.05. The molecule has 0 rings (SSSR count). The van der Waals surface area contributed by atoms with Gasteiger partial charge in [-0.3, -0.25) is 14.4 Å². The van der Waals surface area contributed by atoms with Gasteiger partial charge >= 0.3 is 17.9 Å². The second-order valence-corrected chi connectivity index (χ2v) is 5.81. The van der Waals surface area contributed by atoms with Crippen molar-refractivity contribution in [3.63, 3.8) is 0 Å². The maximum atomic E-state index is 12.3. The van der Waals surface area contributed by atoms with Crippen LogP contribution in [0.2, 0.25) is 0 Å². The van der Waals surface area contributed by atoms with Crippen molar-refractivity contribution in [3.05, 3.63) is 0 Å². The molecule has 0 aromatic heterocycles. The van der Waals surface area contributed by atoms with E-state index in [4.69, 9.17) is 14.9 Å². The summed E-state index contributed by atoms with van der Waals surface area (Å²) in [4.78, 5) is 46.1. The molecule has 0 spiro atoms. The average molecular weight is 346 g/mol. The van der Waals surface area contributed by atoms with E-state index in [0.717, 1.165) is 26.2 Å². The van der Waals surface area contributed by atoms with E-state index in [1.807, 2.05) is 6.92 Å². The lowest BCUT2D eigenvalue weighted by Gasteiger charge is -2.29. The molecule has 8 heteroatoms. The van der Waals surface area contributed by atoms with Gasteiger partial charge in [0, 0.05) is 0 Å². The lowest BCUT2D eigenvalue weighted by atomic mass is 9.82. The Kier molecular flexibility index (Phi) is 9.20. The molecule has 0 aliphatic carbocycles. The van der Waals surface area contributed by atoms with Crippen LogP contribution in [0.1, 0.15) is 59.3 Å². The number of aliphatic hydroxyl groups is 1. The van der Waals surface area contributed by atoms with Crippen LogP contribution in [0.15, 0.2) is 0 Å². The number of carbonyl (C=O) groups excluding carboxylic acids is 2. The van der Waals surface area contributed by atoms with Crippen LogP contribution in [0, 0.1) is 5.92 Å².